The quantitative estimate of drug-likeness (QED) is 0.626. The molecule has 1 fully saturated rings. The zero-order valence-electron chi connectivity index (χ0n) is 15.7. The summed E-state index contributed by atoms with van der Waals surface area (Å²) in [4.78, 5) is 23.4. The second-order valence-corrected chi connectivity index (χ2v) is 8.65. The Bertz CT molecular complexity index is 731. The molecule has 0 unspecified atom stereocenters. The third-order valence-corrected chi connectivity index (χ3v) is 6.42. The second-order valence-electron chi connectivity index (χ2n) is 6.60. The molecule has 1 saturated heterocycles. The molecule has 152 valence electrons. The summed E-state index contributed by atoms with van der Waals surface area (Å²) in [7, 11) is -2.13. The SMILES string of the molecule is CC(=O)c1ccc(S(=O)(=O)N(C)CCCC(=O)NC2CCNCC2)cc1.Cl. The molecule has 2 N–H and O–H groups in total. The molecule has 0 aromatic heterocycles. The maximum absolute atomic E-state index is 12.5. The van der Waals surface area contributed by atoms with Crippen molar-refractivity contribution in [3.63, 3.8) is 0 Å². The number of nitrogens with one attached hydrogen (secondary N) is 2. The first kappa shape index (κ1) is 23.6. The van der Waals surface area contributed by atoms with Crippen molar-refractivity contribution in [2.24, 2.45) is 0 Å². The van der Waals surface area contributed by atoms with Crippen LogP contribution in [-0.4, -0.2) is 57.1 Å². The average Bonchev–Trinajstić information content (AvgIpc) is 2.62. The van der Waals surface area contributed by atoms with E-state index >= 15 is 0 Å². The summed E-state index contributed by atoms with van der Waals surface area (Å²) in [5.41, 5.74) is 0.473. The first-order chi connectivity index (χ1) is 12.3. The van der Waals surface area contributed by atoms with Gasteiger partial charge in [0.2, 0.25) is 15.9 Å². The Hall–Kier alpha value is -1.48. The molecule has 1 aromatic carbocycles. The zero-order chi connectivity index (χ0) is 19.2. The van der Waals surface area contributed by atoms with Crippen LogP contribution in [0.3, 0.4) is 0 Å². The number of rotatable bonds is 8. The van der Waals surface area contributed by atoms with Crippen molar-refractivity contribution in [1.82, 2.24) is 14.9 Å². The Balaban J connectivity index is 0.00000364. The van der Waals surface area contributed by atoms with E-state index in [1.165, 1.54) is 42.5 Å². The van der Waals surface area contributed by atoms with Gasteiger partial charge in [-0.25, -0.2) is 12.7 Å². The highest BCUT2D eigenvalue weighted by Gasteiger charge is 2.21. The summed E-state index contributed by atoms with van der Waals surface area (Å²) in [6, 6.07) is 6.11. The van der Waals surface area contributed by atoms with Crippen LogP contribution in [0.2, 0.25) is 0 Å². The molecule has 1 aliphatic rings. The number of sulfonamides is 1. The molecule has 9 heteroatoms. The number of carbonyl (C=O) groups is 2. The Morgan fingerprint density at radius 3 is 2.33 bits per heavy atom. The number of nitrogens with zero attached hydrogens (tertiary/aromatic N) is 1. The van der Waals surface area contributed by atoms with Gasteiger partial charge in [-0.05, 0) is 51.4 Å². The van der Waals surface area contributed by atoms with Gasteiger partial charge in [0.1, 0.15) is 0 Å². The third kappa shape index (κ3) is 6.88. The van der Waals surface area contributed by atoms with Crippen molar-refractivity contribution in [3.8, 4) is 0 Å². The number of benzene rings is 1. The molecule has 7 nitrogen and oxygen atoms in total. The van der Waals surface area contributed by atoms with Crippen LogP contribution in [0.1, 0.15) is 43.0 Å². The first-order valence-corrected chi connectivity index (χ1v) is 10.3. The highest BCUT2D eigenvalue weighted by molar-refractivity contribution is 7.89. The molecule has 1 heterocycles. The van der Waals surface area contributed by atoms with E-state index in [1.54, 1.807) is 0 Å². The van der Waals surface area contributed by atoms with Crippen molar-refractivity contribution in [3.05, 3.63) is 29.8 Å². The number of piperidine rings is 1. The second kappa shape index (κ2) is 10.8. The van der Waals surface area contributed by atoms with Crippen molar-refractivity contribution < 1.29 is 18.0 Å². The lowest BCUT2D eigenvalue weighted by atomic mass is 10.1. The van der Waals surface area contributed by atoms with Crippen LogP contribution >= 0.6 is 12.4 Å². The van der Waals surface area contributed by atoms with E-state index in [2.05, 4.69) is 10.6 Å². The first-order valence-electron chi connectivity index (χ1n) is 8.88. The highest BCUT2D eigenvalue weighted by atomic mass is 35.5. The summed E-state index contributed by atoms with van der Waals surface area (Å²) >= 11 is 0. The lowest BCUT2D eigenvalue weighted by molar-refractivity contribution is -0.122. The standard InChI is InChI=1S/C18H27N3O4S.ClH/c1-14(22)15-5-7-17(8-6-15)26(24,25)21(2)13-3-4-18(23)20-16-9-11-19-12-10-16;/h5-8,16,19H,3-4,9-13H2,1-2H3,(H,20,23);1H. The minimum absolute atomic E-state index is 0. The molecule has 2 rings (SSSR count). The minimum atomic E-state index is -3.62. The molecule has 0 bridgehead atoms. The van der Waals surface area contributed by atoms with E-state index in [0.717, 1.165) is 25.9 Å². The van der Waals surface area contributed by atoms with Gasteiger partial charge < -0.3 is 10.6 Å². The average molecular weight is 418 g/mol. The van der Waals surface area contributed by atoms with Gasteiger partial charge in [0.05, 0.1) is 4.90 Å². The number of amides is 1. The molecule has 0 spiro atoms. The van der Waals surface area contributed by atoms with Crippen LogP contribution in [0.4, 0.5) is 0 Å². The number of halogens is 1. The minimum Gasteiger partial charge on any atom is -0.353 e. The molecule has 0 saturated carbocycles. The molecular weight excluding hydrogens is 390 g/mol. The smallest absolute Gasteiger partial charge is 0.242 e. The van der Waals surface area contributed by atoms with E-state index in [0.29, 0.717) is 18.4 Å². The summed E-state index contributed by atoms with van der Waals surface area (Å²) < 4.78 is 26.3. The number of Topliss-reactive ketones (excluding diaryl/α,β-unsaturated/α-hetero) is 1. The van der Waals surface area contributed by atoms with E-state index in [9.17, 15) is 18.0 Å². The van der Waals surface area contributed by atoms with E-state index in [4.69, 9.17) is 0 Å². The number of hydrogen-bond acceptors (Lipinski definition) is 5. The van der Waals surface area contributed by atoms with Crippen LogP contribution in [0, 0.1) is 0 Å². The van der Waals surface area contributed by atoms with Gasteiger partial charge in [0, 0.05) is 31.6 Å². The summed E-state index contributed by atoms with van der Waals surface area (Å²) in [6.07, 6.45) is 2.61. The lowest BCUT2D eigenvalue weighted by Crippen LogP contribution is -2.42. The van der Waals surface area contributed by atoms with Crippen molar-refractivity contribution in [2.75, 3.05) is 26.7 Å². The maximum atomic E-state index is 12.5. The van der Waals surface area contributed by atoms with Gasteiger partial charge in [0.15, 0.2) is 5.78 Å². The molecule has 1 aliphatic heterocycles. The van der Waals surface area contributed by atoms with E-state index < -0.39 is 10.0 Å². The predicted molar refractivity (Wildman–Crippen MR) is 107 cm³/mol. The van der Waals surface area contributed by atoms with Gasteiger partial charge in [-0.1, -0.05) is 12.1 Å². The molecule has 0 aliphatic carbocycles. The predicted octanol–water partition coefficient (Wildman–Crippen LogP) is 1.58. The summed E-state index contributed by atoms with van der Waals surface area (Å²) in [5.74, 6) is -0.143. The molecule has 27 heavy (non-hydrogen) atoms. The molecule has 1 aromatic rings. The van der Waals surface area contributed by atoms with Gasteiger partial charge in [-0.2, -0.15) is 0 Å². The fourth-order valence-electron chi connectivity index (χ4n) is 2.89. The Kier molecular flexibility index (Phi) is 9.38. The monoisotopic (exact) mass is 417 g/mol. The molecule has 0 atom stereocenters. The zero-order valence-corrected chi connectivity index (χ0v) is 17.4. The fraction of sp³-hybridized carbons (Fsp3) is 0.556. The molecule has 0 radical (unpaired) electrons. The van der Waals surface area contributed by atoms with Crippen molar-refractivity contribution in [1.29, 1.82) is 0 Å². The van der Waals surface area contributed by atoms with Crippen LogP contribution in [0.15, 0.2) is 29.2 Å². The summed E-state index contributed by atoms with van der Waals surface area (Å²) in [5, 5.41) is 6.25. The summed E-state index contributed by atoms with van der Waals surface area (Å²) in [6.45, 7) is 3.52. The van der Waals surface area contributed by atoms with Crippen molar-refractivity contribution in [2.45, 2.75) is 43.5 Å². The van der Waals surface area contributed by atoms with Crippen LogP contribution in [0.25, 0.3) is 0 Å². The Morgan fingerprint density at radius 2 is 1.78 bits per heavy atom. The normalized spacial score (nSPS) is 15.2. The van der Waals surface area contributed by atoms with Gasteiger partial charge in [-0.3, -0.25) is 9.59 Å². The number of ketones is 1. The Labute approximate surface area is 167 Å². The Morgan fingerprint density at radius 1 is 1.19 bits per heavy atom. The molecule has 1 amide bonds. The lowest BCUT2D eigenvalue weighted by Gasteiger charge is -2.24. The van der Waals surface area contributed by atoms with E-state index in [1.807, 2.05) is 0 Å². The number of carbonyl (C=O) groups excluding carboxylic acids is 2. The van der Waals surface area contributed by atoms with Gasteiger partial charge in [0.25, 0.3) is 0 Å². The fourth-order valence-corrected chi connectivity index (χ4v) is 4.10. The van der Waals surface area contributed by atoms with E-state index in [-0.39, 0.29) is 41.6 Å². The molecular formula is C18H28ClN3O4S. The maximum Gasteiger partial charge on any atom is 0.242 e. The number of hydrogen-bond donors (Lipinski definition) is 2. The topological polar surface area (TPSA) is 95.6 Å². The van der Waals surface area contributed by atoms with Crippen LogP contribution < -0.4 is 10.6 Å². The van der Waals surface area contributed by atoms with Crippen LogP contribution in [-0.2, 0) is 14.8 Å². The van der Waals surface area contributed by atoms with Gasteiger partial charge in [-0.15, -0.1) is 12.4 Å². The van der Waals surface area contributed by atoms with Crippen LogP contribution in [0.5, 0.6) is 0 Å². The largest absolute Gasteiger partial charge is 0.353 e. The van der Waals surface area contributed by atoms with Crippen molar-refractivity contribution >= 4 is 34.1 Å². The highest BCUT2D eigenvalue weighted by Crippen LogP contribution is 2.16. The van der Waals surface area contributed by atoms with Gasteiger partial charge >= 0.3 is 0 Å². The third-order valence-electron chi connectivity index (χ3n) is 4.55.